The summed E-state index contributed by atoms with van der Waals surface area (Å²) < 4.78 is 93.9. The van der Waals surface area contributed by atoms with Crippen molar-refractivity contribution in [3.05, 3.63) is 75.5 Å². The molecule has 0 radical (unpaired) electrons. The molecule has 0 aliphatic carbocycles. The molecule has 2 rings (SSSR count). The SMILES string of the molecule is CCOC(=O)CC(C=C[N+](=O)[O-])c1ccc(Oc2cc(C(F)(F)F)cc(C(F)(F)F)c2)c(OC)c1. The van der Waals surface area contributed by atoms with E-state index >= 15 is 0 Å². The fourth-order valence-corrected chi connectivity index (χ4v) is 2.98. The first-order valence-electron chi connectivity index (χ1n) is 9.87. The van der Waals surface area contributed by atoms with Crippen LogP contribution in [0.4, 0.5) is 26.3 Å². The van der Waals surface area contributed by atoms with Crippen LogP contribution in [0.5, 0.6) is 17.2 Å². The van der Waals surface area contributed by atoms with E-state index in [0.29, 0.717) is 23.9 Å². The Balaban J connectivity index is 2.47. The minimum absolute atomic E-state index is 0.0329. The average molecular weight is 507 g/mol. The fraction of sp³-hybridized carbons (Fsp3) is 0.318. The number of ether oxygens (including phenoxy) is 3. The zero-order valence-electron chi connectivity index (χ0n) is 18.3. The first-order valence-corrected chi connectivity index (χ1v) is 9.87. The molecule has 0 aliphatic rings. The summed E-state index contributed by atoms with van der Waals surface area (Å²) in [6, 6.07) is 4.61. The number of carbonyl (C=O) groups excluding carboxylic acids is 1. The average Bonchev–Trinajstić information content (AvgIpc) is 2.75. The van der Waals surface area contributed by atoms with Gasteiger partial charge < -0.3 is 14.2 Å². The summed E-state index contributed by atoms with van der Waals surface area (Å²) in [7, 11) is 1.17. The Hall–Kier alpha value is -3.77. The molecule has 1 atom stereocenters. The molecule has 0 saturated heterocycles. The van der Waals surface area contributed by atoms with Crippen molar-refractivity contribution in [3.8, 4) is 17.2 Å². The number of carbonyl (C=O) groups is 1. The van der Waals surface area contributed by atoms with Crippen LogP contribution in [-0.2, 0) is 21.9 Å². The Morgan fingerprint density at radius 3 is 2.11 bits per heavy atom. The number of nitro groups is 1. The number of esters is 1. The smallest absolute Gasteiger partial charge is 0.416 e. The largest absolute Gasteiger partial charge is 0.493 e. The summed E-state index contributed by atoms with van der Waals surface area (Å²) in [6.45, 7) is 1.66. The normalized spacial score (nSPS) is 12.9. The van der Waals surface area contributed by atoms with E-state index in [1.807, 2.05) is 0 Å². The van der Waals surface area contributed by atoms with Gasteiger partial charge in [0.15, 0.2) is 11.5 Å². The predicted molar refractivity (Wildman–Crippen MR) is 110 cm³/mol. The lowest BCUT2D eigenvalue weighted by atomic mass is 9.95. The Labute approximate surface area is 195 Å². The van der Waals surface area contributed by atoms with E-state index in [1.54, 1.807) is 6.92 Å². The quantitative estimate of drug-likeness (QED) is 0.170. The Morgan fingerprint density at radius 1 is 1.03 bits per heavy atom. The number of halogens is 6. The Morgan fingerprint density at radius 2 is 1.63 bits per heavy atom. The maximum atomic E-state index is 13.1. The van der Waals surface area contributed by atoms with E-state index in [1.165, 1.54) is 25.3 Å². The van der Waals surface area contributed by atoms with E-state index in [4.69, 9.17) is 14.2 Å². The molecular weight excluding hydrogens is 488 g/mol. The van der Waals surface area contributed by atoms with Crippen LogP contribution in [0.1, 0.15) is 36.0 Å². The molecule has 13 heteroatoms. The molecule has 0 heterocycles. The Bertz CT molecular complexity index is 1060. The van der Waals surface area contributed by atoms with Gasteiger partial charge in [0.1, 0.15) is 5.75 Å². The highest BCUT2D eigenvalue weighted by molar-refractivity contribution is 5.71. The van der Waals surface area contributed by atoms with Gasteiger partial charge in [-0.15, -0.1) is 0 Å². The third kappa shape index (κ3) is 7.90. The first kappa shape index (κ1) is 27.5. The van der Waals surface area contributed by atoms with Gasteiger partial charge in [-0.2, -0.15) is 26.3 Å². The lowest BCUT2D eigenvalue weighted by molar-refractivity contribution is -0.402. The molecule has 0 N–H and O–H groups in total. The lowest BCUT2D eigenvalue weighted by Crippen LogP contribution is -2.11. The zero-order chi connectivity index (χ0) is 26.4. The molecule has 0 aromatic heterocycles. The number of rotatable bonds is 9. The molecule has 0 spiro atoms. The number of methoxy groups -OCH3 is 1. The first-order chi connectivity index (χ1) is 16.2. The van der Waals surface area contributed by atoms with Crippen LogP contribution in [0, 0.1) is 10.1 Å². The summed E-state index contributed by atoms with van der Waals surface area (Å²) in [4.78, 5) is 21.9. The minimum Gasteiger partial charge on any atom is -0.493 e. The number of alkyl halides is 6. The van der Waals surface area contributed by atoms with Crippen molar-refractivity contribution in [2.45, 2.75) is 31.6 Å². The van der Waals surface area contributed by atoms with E-state index in [2.05, 4.69) is 0 Å². The van der Waals surface area contributed by atoms with Gasteiger partial charge in [-0.1, -0.05) is 6.07 Å². The molecule has 0 bridgehead atoms. The fourth-order valence-electron chi connectivity index (χ4n) is 2.98. The molecule has 2 aromatic rings. The highest BCUT2D eigenvalue weighted by Gasteiger charge is 2.37. The number of nitrogens with zero attached hydrogens (tertiary/aromatic N) is 1. The van der Waals surface area contributed by atoms with Gasteiger partial charge in [0.2, 0.25) is 6.20 Å². The summed E-state index contributed by atoms with van der Waals surface area (Å²) in [5.74, 6) is -2.55. The monoisotopic (exact) mass is 507 g/mol. The third-order valence-corrected chi connectivity index (χ3v) is 4.54. The zero-order valence-corrected chi connectivity index (χ0v) is 18.3. The maximum absolute atomic E-state index is 13.1. The van der Waals surface area contributed by atoms with E-state index in [-0.39, 0.29) is 30.6 Å². The summed E-state index contributed by atoms with van der Waals surface area (Å²) in [5, 5.41) is 10.7. The molecule has 7 nitrogen and oxygen atoms in total. The second kappa shape index (κ2) is 11.1. The van der Waals surface area contributed by atoms with Crippen LogP contribution in [0.15, 0.2) is 48.7 Å². The van der Waals surface area contributed by atoms with E-state index in [0.717, 1.165) is 6.08 Å². The highest BCUT2D eigenvalue weighted by atomic mass is 19.4. The van der Waals surface area contributed by atoms with E-state index in [9.17, 15) is 41.3 Å². The number of hydrogen-bond acceptors (Lipinski definition) is 6. The van der Waals surface area contributed by atoms with Crippen LogP contribution in [0.2, 0.25) is 0 Å². The van der Waals surface area contributed by atoms with Crippen LogP contribution in [-0.4, -0.2) is 24.6 Å². The van der Waals surface area contributed by atoms with Gasteiger partial charge >= 0.3 is 18.3 Å². The maximum Gasteiger partial charge on any atom is 0.416 e. The van der Waals surface area contributed by atoms with Gasteiger partial charge in [-0.3, -0.25) is 14.9 Å². The minimum atomic E-state index is -5.06. The number of hydrogen-bond donors (Lipinski definition) is 0. The molecule has 0 aliphatic heterocycles. The molecule has 0 saturated carbocycles. The summed E-state index contributed by atoms with van der Waals surface area (Å²) >= 11 is 0. The van der Waals surface area contributed by atoms with Crippen molar-refractivity contribution in [2.24, 2.45) is 0 Å². The van der Waals surface area contributed by atoms with Gasteiger partial charge in [0.05, 0.1) is 36.2 Å². The Kier molecular flexibility index (Phi) is 8.72. The number of allylic oxidation sites excluding steroid dienone is 1. The van der Waals surface area contributed by atoms with Gasteiger partial charge in [0, 0.05) is 5.92 Å². The molecule has 0 fully saturated rings. The molecule has 2 aromatic carbocycles. The van der Waals surface area contributed by atoms with Crippen molar-refractivity contribution < 1.29 is 50.3 Å². The second-order valence-electron chi connectivity index (χ2n) is 7.00. The lowest BCUT2D eigenvalue weighted by Gasteiger charge is -2.17. The summed E-state index contributed by atoms with van der Waals surface area (Å²) in [6.07, 6.45) is -8.63. The van der Waals surface area contributed by atoms with Gasteiger partial charge in [-0.25, -0.2) is 0 Å². The highest BCUT2D eigenvalue weighted by Crippen LogP contribution is 2.41. The van der Waals surface area contributed by atoms with Crippen LogP contribution in [0.3, 0.4) is 0 Å². The van der Waals surface area contributed by atoms with Crippen LogP contribution in [0.25, 0.3) is 0 Å². The van der Waals surface area contributed by atoms with Gasteiger partial charge in [-0.05, 0) is 48.9 Å². The van der Waals surface area contributed by atoms with Crippen molar-refractivity contribution in [1.29, 1.82) is 0 Å². The molecule has 35 heavy (non-hydrogen) atoms. The van der Waals surface area contributed by atoms with Crippen molar-refractivity contribution in [2.75, 3.05) is 13.7 Å². The summed E-state index contributed by atoms with van der Waals surface area (Å²) in [5.41, 5.74) is -2.80. The van der Waals surface area contributed by atoms with Crippen molar-refractivity contribution in [3.63, 3.8) is 0 Å². The molecule has 190 valence electrons. The van der Waals surface area contributed by atoms with Crippen LogP contribution >= 0.6 is 0 Å². The van der Waals surface area contributed by atoms with E-state index < -0.39 is 46.0 Å². The second-order valence-corrected chi connectivity index (χ2v) is 7.00. The molecular formula is C22H19F6NO6. The van der Waals surface area contributed by atoms with Gasteiger partial charge in [0.25, 0.3) is 0 Å². The standard InChI is InChI=1S/C22H19F6NO6/c1-3-34-20(30)9-14(6-7-29(31)32)13-4-5-18(19(8-13)33-2)35-17-11-15(21(23,24)25)10-16(12-17)22(26,27)28/h4-8,10-12,14H,3,9H2,1-2H3. The number of benzene rings is 2. The topological polar surface area (TPSA) is 87.9 Å². The van der Waals surface area contributed by atoms with Crippen LogP contribution < -0.4 is 9.47 Å². The third-order valence-electron chi connectivity index (χ3n) is 4.54. The van der Waals surface area contributed by atoms with Crippen molar-refractivity contribution >= 4 is 5.97 Å². The molecule has 0 amide bonds. The van der Waals surface area contributed by atoms with Crippen molar-refractivity contribution in [1.82, 2.24) is 0 Å². The molecule has 1 unspecified atom stereocenters. The predicted octanol–water partition coefficient (Wildman–Crippen LogP) is 6.35.